The van der Waals surface area contributed by atoms with E-state index in [4.69, 9.17) is 0 Å². The molecule has 0 saturated heterocycles. The minimum absolute atomic E-state index is 0.0409. The highest BCUT2D eigenvalue weighted by molar-refractivity contribution is 6.05. The van der Waals surface area contributed by atoms with Crippen LogP contribution in [0.15, 0.2) is 53.6 Å². The maximum absolute atomic E-state index is 12.3. The summed E-state index contributed by atoms with van der Waals surface area (Å²) in [6.45, 7) is 0. The topological polar surface area (TPSA) is 106 Å². The van der Waals surface area contributed by atoms with Crippen LogP contribution in [0.1, 0.15) is 20.8 Å². The second-order valence-corrected chi connectivity index (χ2v) is 4.97. The molecule has 120 valence electrons. The number of carbonyl (C=O) groups excluding carboxylic acids is 2. The second-order valence-electron chi connectivity index (χ2n) is 4.97. The van der Waals surface area contributed by atoms with Crippen LogP contribution in [0.4, 0.5) is 0 Å². The van der Waals surface area contributed by atoms with Gasteiger partial charge in [-0.1, -0.05) is 18.2 Å². The molecule has 0 aliphatic rings. The molecule has 8 nitrogen and oxygen atoms in total. The fourth-order valence-corrected chi connectivity index (χ4v) is 2.21. The number of aromatic nitrogens is 3. The minimum atomic E-state index is -0.626. The van der Waals surface area contributed by atoms with Crippen molar-refractivity contribution in [1.29, 1.82) is 0 Å². The summed E-state index contributed by atoms with van der Waals surface area (Å²) in [5.74, 6) is -1.13. The molecule has 3 rings (SSSR count). The number of carbonyl (C=O) groups is 2. The van der Waals surface area contributed by atoms with Crippen LogP contribution >= 0.6 is 0 Å². The van der Waals surface area contributed by atoms with Crippen LogP contribution in [-0.4, -0.2) is 26.6 Å². The van der Waals surface area contributed by atoms with Gasteiger partial charge in [-0.15, -0.1) is 0 Å². The van der Waals surface area contributed by atoms with E-state index >= 15 is 0 Å². The Morgan fingerprint density at radius 1 is 1.00 bits per heavy atom. The molecule has 0 atom stereocenters. The van der Waals surface area contributed by atoms with Crippen LogP contribution in [0.5, 0.6) is 0 Å². The van der Waals surface area contributed by atoms with Crippen molar-refractivity contribution < 1.29 is 9.59 Å². The fraction of sp³-hybridized carbons (Fsp3) is 0.0625. The first kappa shape index (κ1) is 15.3. The van der Waals surface area contributed by atoms with E-state index < -0.39 is 11.8 Å². The summed E-state index contributed by atoms with van der Waals surface area (Å²) < 4.78 is 1.08. The van der Waals surface area contributed by atoms with Gasteiger partial charge in [0.1, 0.15) is 0 Å². The van der Waals surface area contributed by atoms with Crippen LogP contribution in [0.3, 0.4) is 0 Å². The summed E-state index contributed by atoms with van der Waals surface area (Å²) in [5, 5.41) is 4.76. The van der Waals surface area contributed by atoms with E-state index in [2.05, 4.69) is 20.9 Å². The molecule has 0 fully saturated rings. The number of hydrazine groups is 1. The van der Waals surface area contributed by atoms with Crippen LogP contribution < -0.4 is 16.4 Å². The van der Waals surface area contributed by atoms with Crippen LogP contribution in [0, 0.1) is 0 Å². The lowest BCUT2D eigenvalue weighted by Gasteiger charge is -2.09. The zero-order chi connectivity index (χ0) is 17.1. The second kappa shape index (κ2) is 6.29. The molecular weight excluding hydrogens is 310 g/mol. The first-order chi connectivity index (χ1) is 11.6. The molecule has 0 unspecified atom stereocenters. The molecule has 24 heavy (non-hydrogen) atoms. The maximum Gasteiger partial charge on any atom is 0.290 e. The molecule has 0 bridgehead atoms. The summed E-state index contributed by atoms with van der Waals surface area (Å²) in [6.07, 6.45) is 2.91. The van der Waals surface area contributed by atoms with Crippen LogP contribution in [-0.2, 0) is 7.05 Å². The Morgan fingerprint density at radius 3 is 2.42 bits per heavy atom. The van der Waals surface area contributed by atoms with Crippen molar-refractivity contribution in [3.05, 3.63) is 70.4 Å². The van der Waals surface area contributed by atoms with Gasteiger partial charge in [-0.3, -0.25) is 30.2 Å². The molecule has 3 aromatic rings. The lowest BCUT2D eigenvalue weighted by molar-refractivity contribution is 0.0843. The molecule has 2 aromatic heterocycles. The maximum atomic E-state index is 12.3. The molecule has 0 aliphatic carbocycles. The molecule has 2 amide bonds. The van der Waals surface area contributed by atoms with Gasteiger partial charge in [0.2, 0.25) is 0 Å². The molecule has 2 N–H and O–H groups in total. The summed E-state index contributed by atoms with van der Waals surface area (Å²) in [7, 11) is 1.46. The summed E-state index contributed by atoms with van der Waals surface area (Å²) >= 11 is 0. The molecule has 0 radical (unpaired) electrons. The lowest BCUT2D eigenvalue weighted by Crippen LogP contribution is -2.42. The number of aryl methyl sites for hydroxylation is 1. The minimum Gasteiger partial charge on any atom is -0.267 e. The number of benzene rings is 1. The van der Waals surface area contributed by atoms with E-state index in [9.17, 15) is 14.4 Å². The van der Waals surface area contributed by atoms with E-state index in [-0.39, 0.29) is 11.3 Å². The highest BCUT2D eigenvalue weighted by Crippen LogP contribution is 2.12. The highest BCUT2D eigenvalue weighted by Gasteiger charge is 2.16. The zero-order valence-electron chi connectivity index (χ0n) is 12.7. The number of pyridine rings is 1. The Kier molecular flexibility index (Phi) is 4.02. The Labute approximate surface area is 136 Å². The van der Waals surface area contributed by atoms with Gasteiger partial charge in [0.25, 0.3) is 17.4 Å². The van der Waals surface area contributed by atoms with Crippen molar-refractivity contribution in [3.8, 4) is 0 Å². The fourth-order valence-electron chi connectivity index (χ4n) is 2.21. The van der Waals surface area contributed by atoms with Crippen molar-refractivity contribution >= 4 is 22.6 Å². The van der Waals surface area contributed by atoms with Crippen molar-refractivity contribution in [1.82, 2.24) is 25.6 Å². The standard InChI is InChI=1S/C16H13N5O3/c1-21-16(24)12-7-3-2-6-11(12)13(20-21)15(23)19-18-14(22)10-5-4-8-17-9-10/h2-9H,1H3,(H,18,22)(H,19,23). The number of fused-ring (bicyclic) bond motifs is 1. The number of amides is 2. The predicted octanol–water partition coefficient (Wildman–Crippen LogP) is 0.403. The van der Waals surface area contributed by atoms with E-state index in [1.54, 1.807) is 36.4 Å². The monoisotopic (exact) mass is 323 g/mol. The lowest BCUT2D eigenvalue weighted by atomic mass is 10.1. The zero-order valence-corrected chi connectivity index (χ0v) is 12.7. The number of nitrogens with one attached hydrogen (secondary N) is 2. The van der Waals surface area contributed by atoms with E-state index in [0.29, 0.717) is 16.3 Å². The van der Waals surface area contributed by atoms with Gasteiger partial charge in [0, 0.05) is 24.8 Å². The highest BCUT2D eigenvalue weighted by atomic mass is 16.2. The number of hydrogen-bond acceptors (Lipinski definition) is 5. The normalized spacial score (nSPS) is 10.4. The van der Waals surface area contributed by atoms with Gasteiger partial charge in [0.15, 0.2) is 5.69 Å². The Morgan fingerprint density at radius 2 is 1.71 bits per heavy atom. The summed E-state index contributed by atoms with van der Waals surface area (Å²) in [6, 6.07) is 9.82. The molecule has 2 heterocycles. The molecule has 8 heteroatoms. The first-order valence-electron chi connectivity index (χ1n) is 7.04. The van der Waals surface area contributed by atoms with Crippen molar-refractivity contribution in [3.63, 3.8) is 0 Å². The van der Waals surface area contributed by atoms with Crippen molar-refractivity contribution in [2.75, 3.05) is 0 Å². The molecule has 1 aromatic carbocycles. The van der Waals surface area contributed by atoms with Gasteiger partial charge in [-0.25, -0.2) is 4.68 Å². The third kappa shape index (κ3) is 2.84. The molecule has 0 saturated carbocycles. The van der Waals surface area contributed by atoms with Gasteiger partial charge < -0.3 is 0 Å². The number of hydrogen-bond donors (Lipinski definition) is 2. The van der Waals surface area contributed by atoms with Crippen molar-refractivity contribution in [2.45, 2.75) is 0 Å². The third-order valence-electron chi connectivity index (χ3n) is 3.38. The van der Waals surface area contributed by atoms with Gasteiger partial charge in [0.05, 0.1) is 10.9 Å². The van der Waals surface area contributed by atoms with Crippen molar-refractivity contribution in [2.24, 2.45) is 7.05 Å². The molecule has 0 spiro atoms. The Bertz CT molecular complexity index is 982. The Balaban J connectivity index is 1.86. The third-order valence-corrected chi connectivity index (χ3v) is 3.38. The average molecular weight is 323 g/mol. The SMILES string of the molecule is Cn1nc(C(=O)NNC(=O)c2cccnc2)c2ccccc2c1=O. The van der Waals surface area contributed by atoms with Gasteiger partial charge >= 0.3 is 0 Å². The quantitative estimate of drug-likeness (QED) is 0.664. The molecule has 0 aliphatic heterocycles. The largest absolute Gasteiger partial charge is 0.290 e. The van der Waals surface area contributed by atoms with Gasteiger partial charge in [-0.2, -0.15) is 5.10 Å². The number of rotatable bonds is 2. The van der Waals surface area contributed by atoms with Crippen LogP contribution in [0.2, 0.25) is 0 Å². The Hall–Kier alpha value is -3.55. The average Bonchev–Trinajstić information content (AvgIpc) is 2.63. The predicted molar refractivity (Wildman–Crippen MR) is 86.2 cm³/mol. The van der Waals surface area contributed by atoms with Crippen LogP contribution in [0.25, 0.3) is 10.8 Å². The molecular formula is C16H13N5O3. The summed E-state index contributed by atoms with van der Waals surface area (Å²) in [5.41, 5.74) is 4.62. The first-order valence-corrected chi connectivity index (χ1v) is 7.04. The van der Waals surface area contributed by atoms with E-state index in [1.807, 2.05) is 0 Å². The smallest absolute Gasteiger partial charge is 0.267 e. The number of nitrogens with zero attached hydrogens (tertiary/aromatic N) is 3. The summed E-state index contributed by atoms with van der Waals surface area (Å²) in [4.78, 5) is 40.1. The van der Waals surface area contributed by atoms with E-state index in [0.717, 1.165) is 4.68 Å². The van der Waals surface area contributed by atoms with E-state index in [1.165, 1.54) is 19.4 Å². The van der Waals surface area contributed by atoms with Gasteiger partial charge in [-0.05, 0) is 18.2 Å².